The van der Waals surface area contributed by atoms with Gasteiger partial charge in [0, 0.05) is 30.6 Å². The van der Waals surface area contributed by atoms with Crippen molar-refractivity contribution in [2.24, 2.45) is 0 Å². The minimum Gasteiger partial charge on any atom is -0.342 e. The summed E-state index contributed by atoms with van der Waals surface area (Å²) < 4.78 is 0. The van der Waals surface area contributed by atoms with Crippen LogP contribution in [-0.2, 0) is 9.59 Å². The number of carbonyl (C=O) groups excluding carboxylic acids is 2. The highest BCUT2D eigenvalue weighted by Crippen LogP contribution is 2.26. The second kappa shape index (κ2) is 6.79. The van der Waals surface area contributed by atoms with Crippen LogP contribution in [-0.4, -0.2) is 35.1 Å². The van der Waals surface area contributed by atoms with Crippen molar-refractivity contribution in [1.82, 2.24) is 4.90 Å². The van der Waals surface area contributed by atoms with Crippen LogP contribution in [0.15, 0.2) is 29.2 Å². The van der Waals surface area contributed by atoms with Crippen LogP contribution in [0.1, 0.15) is 26.7 Å². The van der Waals surface area contributed by atoms with E-state index in [0.717, 1.165) is 36.5 Å². The topological polar surface area (TPSA) is 49.4 Å². The largest absolute Gasteiger partial charge is 0.342 e. The molecule has 1 aliphatic rings. The molecule has 0 aliphatic carbocycles. The first-order chi connectivity index (χ1) is 9.56. The Morgan fingerprint density at radius 3 is 2.35 bits per heavy atom. The molecule has 0 radical (unpaired) electrons. The van der Waals surface area contributed by atoms with E-state index in [1.165, 1.54) is 6.92 Å². The first kappa shape index (κ1) is 14.9. The van der Waals surface area contributed by atoms with Gasteiger partial charge in [0.05, 0.1) is 5.25 Å². The Balaban J connectivity index is 1.91. The van der Waals surface area contributed by atoms with E-state index >= 15 is 0 Å². The van der Waals surface area contributed by atoms with Crippen molar-refractivity contribution >= 4 is 29.3 Å². The number of carbonyl (C=O) groups is 2. The second-order valence-corrected chi connectivity index (χ2v) is 6.41. The lowest BCUT2D eigenvalue weighted by atomic mass is 10.3. The van der Waals surface area contributed by atoms with Gasteiger partial charge in [-0.2, -0.15) is 0 Å². The number of anilines is 1. The summed E-state index contributed by atoms with van der Waals surface area (Å²) in [5, 5.41) is 2.66. The first-order valence-corrected chi connectivity index (χ1v) is 7.77. The zero-order valence-corrected chi connectivity index (χ0v) is 12.7. The lowest BCUT2D eigenvalue weighted by molar-refractivity contribution is -0.129. The van der Waals surface area contributed by atoms with Gasteiger partial charge < -0.3 is 10.2 Å². The van der Waals surface area contributed by atoms with Crippen molar-refractivity contribution in [3.05, 3.63) is 24.3 Å². The Morgan fingerprint density at radius 2 is 1.80 bits per heavy atom. The van der Waals surface area contributed by atoms with Crippen LogP contribution in [0, 0.1) is 0 Å². The maximum Gasteiger partial charge on any atom is 0.235 e. The molecular formula is C15H20N2O2S. The molecule has 0 bridgehead atoms. The van der Waals surface area contributed by atoms with Crippen LogP contribution in [0.25, 0.3) is 0 Å². The number of rotatable bonds is 4. The first-order valence-electron chi connectivity index (χ1n) is 6.89. The van der Waals surface area contributed by atoms with E-state index in [9.17, 15) is 9.59 Å². The maximum absolute atomic E-state index is 12.2. The van der Waals surface area contributed by atoms with Gasteiger partial charge in [-0.1, -0.05) is 0 Å². The highest BCUT2D eigenvalue weighted by atomic mass is 32.2. The molecule has 0 unspecified atom stereocenters. The standard InChI is InChI=1S/C15H20N2O2S/c1-11(15(19)17-9-3-4-10-17)20-14-7-5-13(6-8-14)16-12(2)18/h5-8,11H,3-4,9-10H2,1-2H3,(H,16,18)/t11-/m1/s1. The number of thioether (sulfide) groups is 1. The fourth-order valence-electron chi connectivity index (χ4n) is 2.27. The minimum atomic E-state index is -0.0806. The van der Waals surface area contributed by atoms with Gasteiger partial charge in [0.15, 0.2) is 0 Å². The van der Waals surface area contributed by atoms with Gasteiger partial charge in [0.25, 0.3) is 0 Å². The molecule has 108 valence electrons. The molecule has 1 aromatic rings. The molecule has 1 aromatic carbocycles. The fourth-order valence-corrected chi connectivity index (χ4v) is 3.22. The van der Waals surface area contributed by atoms with Crippen molar-refractivity contribution in [2.45, 2.75) is 36.8 Å². The molecular weight excluding hydrogens is 272 g/mol. The highest BCUT2D eigenvalue weighted by Gasteiger charge is 2.23. The van der Waals surface area contributed by atoms with E-state index in [-0.39, 0.29) is 17.1 Å². The number of nitrogens with zero attached hydrogens (tertiary/aromatic N) is 1. The van der Waals surface area contributed by atoms with Crippen LogP contribution in [0.5, 0.6) is 0 Å². The van der Waals surface area contributed by atoms with Crippen molar-refractivity contribution in [3.8, 4) is 0 Å². The summed E-state index contributed by atoms with van der Waals surface area (Å²) in [6, 6.07) is 7.58. The lowest BCUT2D eigenvalue weighted by Gasteiger charge is -2.20. The Kier molecular flexibility index (Phi) is 5.06. The molecule has 5 heteroatoms. The average Bonchev–Trinajstić information content (AvgIpc) is 2.93. The second-order valence-electron chi connectivity index (χ2n) is 5.00. The number of hydrogen-bond acceptors (Lipinski definition) is 3. The molecule has 2 rings (SSSR count). The smallest absolute Gasteiger partial charge is 0.235 e. The van der Waals surface area contributed by atoms with Crippen LogP contribution in [0.2, 0.25) is 0 Å². The predicted octanol–water partition coefficient (Wildman–Crippen LogP) is 2.75. The summed E-state index contributed by atoms with van der Waals surface area (Å²) in [5.41, 5.74) is 0.778. The number of likely N-dealkylation sites (tertiary alicyclic amines) is 1. The summed E-state index contributed by atoms with van der Waals surface area (Å²) >= 11 is 1.56. The van der Waals surface area contributed by atoms with Gasteiger partial charge in [0.2, 0.25) is 11.8 Å². The number of benzene rings is 1. The summed E-state index contributed by atoms with van der Waals surface area (Å²) in [6.07, 6.45) is 2.24. The average molecular weight is 292 g/mol. The molecule has 0 spiro atoms. The van der Waals surface area contributed by atoms with Gasteiger partial charge in [-0.3, -0.25) is 9.59 Å². The van der Waals surface area contributed by atoms with Crippen molar-refractivity contribution in [3.63, 3.8) is 0 Å². The number of hydrogen-bond donors (Lipinski definition) is 1. The molecule has 1 heterocycles. The molecule has 1 N–H and O–H groups in total. The van der Waals surface area contributed by atoms with Gasteiger partial charge in [-0.25, -0.2) is 0 Å². The Morgan fingerprint density at radius 1 is 1.20 bits per heavy atom. The highest BCUT2D eigenvalue weighted by molar-refractivity contribution is 8.00. The molecule has 1 atom stereocenters. The van der Waals surface area contributed by atoms with Crippen LogP contribution in [0.4, 0.5) is 5.69 Å². The molecule has 4 nitrogen and oxygen atoms in total. The van der Waals surface area contributed by atoms with E-state index in [0.29, 0.717) is 0 Å². The molecule has 1 fully saturated rings. The van der Waals surface area contributed by atoms with Crippen LogP contribution in [0.3, 0.4) is 0 Å². The number of nitrogens with one attached hydrogen (secondary N) is 1. The quantitative estimate of drug-likeness (QED) is 0.868. The van der Waals surface area contributed by atoms with Crippen LogP contribution >= 0.6 is 11.8 Å². The molecule has 1 aliphatic heterocycles. The fraction of sp³-hybridized carbons (Fsp3) is 0.467. The van der Waals surface area contributed by atoms with Gasteiger partial charge in [-0.05, 0) is 44.0 Å². The van der Waals surface area contributed by atoms with E-state index in [1.807, 2.05) is 36.1 Å². The van der Waals surface area contributed by atoms with E-state index < -0.39 is 0 Å². The number of amides is 2. The van der Waals surface area contributed by atoms with Gasteiger partial charge >= 0.3 is 0 Å². The molecule has 20 heavy (non-hydrogen) atoms. The summed E-state index contributed by atoms with van der Waals surface area (Å²) in [6.45, 7) is 5.23. The van der Waals surface area contributed by atoms with E-state index in [2.05, 4.69) is 5.32 Å². The normalized spacial score (nSPS) is 16.0. The Hall–Kier alpha value is -1.49. The predicted molar refractivity (Wildman–Crippen MR) is 81.9 cm³/mol. The zero-order chi connectivity index (χ0) is 14.5. The van der Waals surface area contributed by atoms with Crippen molar-refractivity contribution in [1.29, 1.82) is 0 Å². The Bertz CT molecular complexity index is 481. The van der Waals surface area contributed by atoms with Crippen molar-refractivity contribution < 1.29 is 9.59 Å². The van der Waals surface area contributed by atoms with E-state index in [4.69, 9.17) is 0 Å². The lowest BCUT2D eigenvalue weighted by Crippen LogP contribution is -2.33. The van der Waals surface area contributed by atoms with Crippen LogP contribution < -0.4 is 5.32 Å². The third-order valence-electron chi connectivity index (χ3n) is 3.25. The monoisotopic (exact) mass is 292 g/mol. The van der Waals surface area contributed by atoms with Gasteiger partial charge in [0.1, 0.15) is 0 Å². The third kappa shape index (κ3) is 4.00. The summed E-state index contributed by atoms with van der Waals surface area (Å²) in [7, 11) is 0. The third-order valence-corrected chi connectivity index (χ3v) is 4.35. The SMILES string of the molecule is CC(=O)Nc1ccc(S[C@H](C)C(=O)N2CCCC2)cc1. The molecule has 0 aromatic heterocycles. The van der Waals surface area contributed by atoms with Crippen molar-refractivity contribution in [2.75, 3.05) is 18.4 Å². The summed E-state index contributed by atoms with van der Waals surface area (Å²) in [5.74, 6) is 0.140. The zero-order valence-electron chi connectivity index (χ0n) is 11.9. The molecule has 2 amide bonds. The minimum absolute atomic E-state index is 0.0697. The Labute approximate surface area is 123 Å². The molecule has 1 saturated heterocycles. The maximum atomic E-state index is 12.2. The van der Waals surface area contributed by atoms with Gasteiger partial charge in [-0.15, -0.1) is 11.8 Å². The van der Waals surface area contributed by atoms with E-state index in [1.54, 1.807) is 11.8 Å². The summed E-state index contributed by atoms with van der Waals surface area (Å²) in [4.78, 5) is 26.1. The molecule has 0 saturated carbocycles.